The maximum absolute atomic E-state index is 13.0. The molecule has 0 unspecified atom stereocenters. The van der Waals surface area contributed by atoms with Gasteiger partial charge in [-0.15, -0.1) is 0 Å². The lowest BCUT2D eigenvalue weighted by Gasteiger charge is -2.55. The number of ether oxygens (including phenoxy) is 1. The number of Topliss-reactive ketones (excluding diaryl/α,β-unsaturated/α-hetero) is 1. The fourth-order valence-electron chi connectivity index (χ4n) is 5.78. The number of ketones is 1. The highest BCUT2D eigenvalue weighted by atomic mass is 19.1. The van der Waals surface area contributed by atoms with Gasteiger partial charge in [0.2, 0.25) is 5.91 Å². The first-order valence-corrected chi connectivity index (χ1v) is 10.1. The highest BCUT2D eigenvalue weighted by molar-refractivity contribution is 5.98. The first-order valence-electron chi connectivity index (χ1n) is 10.1. The van der Waals surface area contributed by atoms with Crippen molar-refractivity contribution < 1.29 is 23.5 Å². The molecule has 1 amide bonds. The van der Waals surface area contributed by atoms with E-state index in [2.05, 4.69) is 5.32 Å². The predicted molar refractivity (Wildman–Crippen MR) is 99.9 cm³/mol. The average molecular weight is 387 g/mol. The quantitative estimate of drug-likeness (QED) is 0.601. The van der Waals surface area contributed by atoms with E-state index in [9.17, 15) is 18.8 Å². The molecule has 0 aromatic heterocycles. The van der Waals surface area contributed by atoms with E-state index < -0.39 is 30.2 Å². The summed E-state index contributed by atoms with van der Waals surface area (Å²) in [4.78, 5) is 37.3. The number of rotatable bonds is 6. The molecule has 4 aliphatic rings. The van der Waals surface area contributed by atoms with Gasteiger partial charge in [-0.3, -0.25) is 9.59 Å². The normalized spacial score (nSPS) is 31.3. The van der Waals surface area contributed by atoms with Gasteiger partial charge in [0.25, 0.3) is 0 Å². The average Bonchev–Trinajstić information content (AvgIpc) is 2.65. The molecule has 6 heteroatoms. The van der Waals surface area contributed by atoms with E-state index in [0.717, 1.165) is 19.3 Å². The van der Waals surface area contributed by atoms with Gasteiger partial charge in [0.1, 0.15) is 11.9 Å². The van der Waals surface area contributed by atoms with Crippen molar-refractivity contribution in [1.29, 1.82) is 0 Å². The van der Waals surface area contributed by atoms with Crippen LogP contribution >= 0.6 is 0 Å². The van der Waals surface area contributed by atoms with Crippen LogP contribution < -0.4 is 5.32 Å². The Kier molecular flexibility index (Phi) is 4.98. The van der Waals surface area contributed by atoms with Crippen LogP contribution in [0.15, 0.2) is 24.3 Å². The Labute approximate surface area is 164 Å². The summed E-state index contributed by atoms with van der Waals surface area (Å²) in [5.41, 5.74) is -0.0489. The molecule has 0 radical (unpaired) electrons. The van der Waals surface area contributed by atoms with Crippen LogP contribution in [0, 0.1) is 29.0 Å². The van der Waals surface area contributed by atoms with Gasteiger partial charge >= 0.3 is 5.97 Å². The van der Waals surface area contributed by atoms with Crippen LogP contribution in [0.5, 0.6) is 0 Å². The molecule has 1 N–H and O–H groups in total. The number of hydrogen-bond acceptors (Lipinski definition) is 4. The van der Waals surface area contributed by atoms with Gasteiger partial charge in [-0.2, -0.15) is 0 Å². The summed E-state index contributed by atoms with van der Waals surface area (Å²) in [7, 11) is 0. The molecule has 4 saturated carbocycles. The molecule has 0 aliphatic heterocycles. The lowest BCUT2D eigenvalue weighted by molar-refractivity contribution is -0.153. The van der Waals surface area contributed by atoms with Gasteiger partial charge in [0, 0.05) is 11.0 Å². The standard InChI is InChI=1S/C22H26FNO4/c1-13(20(26)28-12-19(25)17-2-4-18(23)5-3-17)24-21(27)22-9-14-6-15(10-22)8-16(7-14)11-22/h2-5,13-16H,6-12H2,1H3,(H,24,27)/t13-,14?,15?,16?,22?/m0/s1. The maximum atomic E-state index is 13.0. The van der Waals surface area contributed by atoms with Crippen molar-refractivity contribution in [3.05, 3.63) is 35.6 Å². The van der Waals surface area contributed by atoms with Crippen LogP contribution in [0.25, 0.3) is 0 Å². The molecular weight excluding hydrogens is 361 g/mol. The molecule has 4 fully saturated rings. The van der Waals surface area contributed by atoms with Gasteiger partial charge in [0.15, 0.2) is 12.4 Å². The number of halogens is 1. The van der Waals surface area contributed by atoms with E-state index in [1.54, 1.807) is 6.92 Å². The summed E-state index contributed by atoms with van der Waals surface area (Å²) < 4.78 is 18.0. The minimum atomic E-state index is -0.804. The predicted octanol–water partition coefficient (Wildman–Crippen LogP) is 3.27. The zero-order valence-electron chi connectivity index (χ0n) is 16.1. The van der Waals surface area contributed by atoms with E-state index in [1.807, 2.05) is 0 Å². The lowest BCUT2D eigenvalue weighted by Crippen LogP contribution is -2.56. The second kappa shape index (κ2) is 7.30. The van der Waals surface area contributed by atoms with Crippen LogP contribution in [0.2, 0.25) is 0 Å². The SMILES string of the molecule is C[C@H](NC(=O)C12CC3CC(CC(C3)C1)C2)C(=O)OCC(=O)c1ccc(F)cc1. The summed E-state index contributed by atoms with van der Waals surface area (Å²) >= 11 is 0. The number of benzene rings is 1. The molecular formula is C22H26FNO4. The zero-order chi connectivity index (χ0) is 19.9. The van der Waals surface area contributed by atoms with E-state index in [4.69, 9.17) is 4.74 Å². The molecule has 0 saturated heterocycles. The number of carbonyl (C=O) groups is 3. The Morgan fingerprint density at radius 3 is 2.14 bits per heavy atom. The highest BCUT2D eigenvalue weighted by Gasteiger charge is 2.54. The summed E-state index contributed by atoms with van der Waals surface area (Å²) in [6.45, 7) is 1.16. The van der Waals surface area contributed by atoms with Gasteiger partial charge < -0.3 is 10.1 Å². The number of hydrogen-bond donors (Lipinski definition) is 1. The second-order valence-electron chi connectivity index (χ2n) is 8.93. The van der Waals surface area contributed by atoms with Gasteiger partial charge in [-0.05, 0) is 87.5 Å². The highest BCUT2D eigenvalue weighted by Crippen LogP contribution is 2.60. The Hall–Kier alpha value is -2.24. The van der Waals surface area contributed by atoms with Crippen LogP contribution in [0.3, 0.4) is 0 Å². The van der Waals surface area contributed by atoms with Crippen LogP contribution in [0.4, 0.5) is 4.39 Å². The topological polar surface area (TPSA) is 72.5 Å². The lowest BCUT2D eigenvalue weighted by atomic mass is 9.49. The number of nitrogens with one attached hydrogen (secondary N) is 1. The molecule has 4 bridgehead atoms. The zero-order valence-corrected chi connectivity index (χ0v) is 16.1. The van der Waals surface area contributed by atoms with E-state index in [-0.39, 0.29) is 16.9 Å². The van der Waals surface area contributed by atoms with E-state index in [1.165, 1.54) is 43.5 Å². The third-order valence-corrected chi connectivity index (χ3v) is 6.73. The van der Waals surface area contributed by atoms with Crippen LogP contribution in [-0.4, -0.2) is 30.3 Å². The minimum Gasteiger partial charge on any atom is -0.456 e. The smallest absolute Gasteiger partial charge is 0.328 e. The van der Waals surface area contributed by atoms with Crippen molar-refractivity contribution in [2.45, 2.75) is 51.5 Å². The van der Waals surface area contributed by atoms with E-state index >= 15 is 0 Å². The first kappa shape index (κ1) is 19.1. The fraction of sp³-hybridized carbons (Fsp3) is 0.591. The molecule has 1 atom stereocenters. The Balaban J connectivity index is 1.30. The summed E-state index contributed by atoms with van der Waals surface area (Å²) in [5.74, 6) is 0.421. The van der Waals surface area contributed by atoms with Crippen molar-refractivity contribution in [1.82, 2.24) is 5.32 Å². The molecule has 0 heterocycles. The second-order valence-corrected chi connectivity index (χ2v) is 8.93. The maximum Gasteiger partial charge on any atom is 0.328 e. The molecule has 5 nitrogen and oxygen atoms in total. The minimum absolute atomic E-state index is 0.0408. The molecule has 150 valence electrons. The molecule has 0 spiro atoms. The van der Waals surface area contributed by atoms with Crippen molar-refractivity contribution in [3.8, 4) is 0 Å². The molecule has 1 aromatic carbocycles. The van der Waals surface area contributed by atoms with Gasteiger partial charge in [0.05, 0.1) is 0 Å². The molecule has 28 heavy (non-hydrogen) atoms. The number of esters is 1. The summed E-state index contributed by atoms with van der Waals surface area (Å²) in [6.07, 6.45) is 6.52. The van der Waals surface area contributed by atoms with Crippen molar-refractivity contribution in [3.63, 3.8) is 0 Å². The third kappa shape index (κ3) is 3.69. The van der Waals surface area contributed by atoms with Gasteiger partial charge in [-0.25, -0.2) is 9.18 Å². The summed E-state index contributed by atoms with van der Waals surface area (Å²) in [6, 6.07) is 4.27. The van der Waals surface area contributed by atoms with Crippen LogP contribution in [-0.2, 0) is 14.3 Å². The number of amides is 1. The third-order valence-electron chi connectivity index (χ3n) is 6.73. The largest absolute Gasteiger partial charge is 0.456 e. The van der Waals surface area contributed by atoms with E-state index in [0.29, 0.717) is 17.8 Å². The monoisotopic (exact) mass is 387 g/mol. The van der Waals surface area contributed by atoms with Crippen molar-refractivity contribution >= 4 is 17.7 Å². The number of carbonyl (C=O) groups excluding carboxylic acids is 3. The molecule has 4 aliphatic carbocycles. The Bertz CT molecular complexity index is 753. The Morgan fingerprint density at radius 2 is 1.61 bits per heavy atom. The first-order chi connectivity index (χ1) is 13.3. The molecule has 5 rings (SSSR count). The van der Waals surface area contributed by atoms with Gasteiger partial charge in [-0.1, -0.05) is 0 Å². The Morgan fingerprint density at radius 1 is 1.07 bits per heavy atom. The van der Waals surface area contributed by atoms with Crippen molar-refractivity contribution in [2.75, 3.05) is 6.61 Å². The van der Waals surface area contributed by atoms with Crippen LogP contribution in [0.1, 0.15) is 55.8 Å². The molecule has 1 aromatic rings. The fourth-order valence-corrected chi connectivity index (χ4v) is 5.78. The summed E-state index contributed by atoms with van der Waals surface area (Å²) in [5, 5.41) is 2.83. The van der Waals surface area contributed by atoms with Crippen molar-refractivity contribution in [2.24, 2.45) is 23.2 Å².